The van der Waals surface area contributed by atoms with Crippen LogP contribution in [0.25, 0.3) is 0 Å². The molecule has 1 saturated heterocycles. The molecule has 1 aliphatic heterocycles. The summed E-state index contributed by atoms with van der Waals surface area (Å²) < 4.78 is 65.8. The zero-order chi connectivity index (χ0) is 21.9. The van der Waals surface area contributed by atoms with E-state index < -0.39 is 27.7 Å². The number of hydrogen-bond acceptors (Lipinski definition) is 4. The lowest BCUT2D eigenvalue weighted by Gasteiger charge is -2.35. The Morgan fingerprint density at radius 3 is 2.20 bits per heavy atom. The molecule has 6 nitrogen and oxygen atoms in total. The van der Waals surface area contributed by atoms with E-state index in [9.17, 15) is 26.4 Å². The molecule has 1 aliphatic rings. The van der Waals surface area contributed by atoms with Crippen molar-refractivity contribution in [1.29, 1.82) is 0 Å². The Balaban J connectivity index is 1.66. The Morgan fingerprint density at radius 2 is 1.63 bits per heavy atom. The summed E-state index contributed by atoms with van der Waals surface area (Å²) in [6.07, 6.45) is -4.16. The molecule has 3 rings (SSSR count). The topological polar surface area (TPSA) is 77.9 Å². The number of alkyl halides is 3. The molecular formula is C20H21F3N2O4S. The lowest BCUT2D eigenvalue weighted by atomic mass is 10.1. The molecule has 0 unspecified atom stereocenters. The van der Waals surface area contributed by atoms with Crippen molar-refractivity contribution in [2.45, 2.75) is 23.9 Å². The highest BCUT2D eigenvalue weighted by Gasteiger charge is 2.32. The third-order valence-electron chi connectivity index (χ3n) is 4.97. The van der Waals surface area contributed by atoms with Crippen molar-refractivity contribution >= 4 is 21.7 Å². The van der Waals surface area contributed by atoms with Crippen LogP contribution in [0, 0.1) is 0 Å². The molecule has 10 heteroatoms. The fourth-order valence-electron chi connectivity index (χ4n) is 3.29. The fourth-order valence-corrected chi connectivity index (χ4v) is 4.72. The molecule has 162 valence electrons. The Kier molecular flexibility index (Phi) is 6.37. The number of carboxylic acid groups (broad SMARTS) is 1. The Hall–Kier alpha value is -2.59. The van der Waals surface area contributed by atoms with Crippen molar-refractivity contribution in [1.82, 2.24) is 4.31 Å². The molecule has 1 heterocycles. The number of anilines is 1. The number of nitrogens with zero attached hydrogens (tertiary/aromatic N) is 2. The minimum absolute atomic E-state index is 0.0381. The lowest BCUT2D eigenvalue weighted by molar-refractivity contribution is -0.138. The van der Waals surface area contributed by atoms with Gasteiger partial charge < -0.3 is 10.0 Å². The first-order valence-electron chi connectivity index (χ1n) is 9.30. The van der Waals surface area contributed by atoms with E-state index in [1.165, 1.54) is 22.5 Å². The number of carbonyl (C=O) groups is 1. The predicted octanol–water partition coefficient (Wildman–Crippen LogP) is 3.23. The molecule has 1 N–H and O–H groups in total. The van der Waals surface area contributed by atoms with E-state index in [0.29, 0.717) is 12.1 Å². The molecule has 0 aliphatic carbocycles. The number of sulfonamides is 1. The molecule has 2 aromatic carbocycles. The van der Waals surface area contributed by atoms with Gasteiger partial charge in [0.25, 0.3) is 0 Å². The Labute approximate surface area is 172 Å². The molecule has 0 radical (unpaired) electrons. The van der Waals surface area contributed by atoms with E-state index in [2.05, 4.69) is 0 Å². The first kappa shape index (κ1) is 22.1. The third-order valence-corrected chi connectivity index (χ3v) is 6.88. The van der Waals surface area contributed by atoms with Crippen molar-refractivity contribution in [2.24, 2.45) is 0 Å². The van der Waals surface area contributed by atoms with E-state index in [1.54, 1.807) is 23.1 Å². The number of carboxylic acids is 1. The number of hydrogen-bond donors (Lipinski definition) is 1. The van der Waals surface area contributed by atoms with Crippen LogP contribution >= 0.6 is 0 Å². The van der Waals surface area contributed by atoms with Crippen molar-refractivity contribution in [3.05, 3.63) is 59.7 Å². The van der Waals surface area contributed by atoms with Gasteiger partial charge in [-0.2, -0.15) is 17.5 Å². The monoisotopic (exact) mass is 442 g/mol. The molecule has 1 fully saturated rings. The van der Waals surface area contributed by atoms with Crippen LogP contribution in [-0.4, -0.2) is 50.0 Å². The highest BCUT2D eigenvalue weighted by molar-refractivity contribution is 7.89. The van der Waals surface area contributed by atoms with E-state index in [0.717, 1.165) is 17.7 Å². The number of piperazine rings is 1. The van der Waals surface area contributed by atoms with E-state index in [4.69, 9.17) is 5.11 Å². The van der Waals surface area contributed by atoms with Gasteiger partial charge in [0, 0.05) is 38.3 Å². The van der Waals surface area contributed by atoms with Crippen molar-refractivity contribution < 1.29 is 31.5 Å². The maximum absolute atomic E-state index is 12.9. The number of aryl methyl sites for hydroxylation is 1. The van der Waals surface area contributed by atoms with Crippen LogP contribution in [0.5, 0.6) is 0 Å². The SMILES string of the molecule is O=C(O)CCc1ccc(S(=O)(=O)N2CCN(c3cccc(C(F)(F)F)c3)CC2)cc1. The lowest BCUT2D eigenvalue weighted by Crippen LogP contribution is -2.48. The van der Waals surface area contributed by atoms with Gasteiger partial charge in [-0.3, -0.25) is 4.79 Å². The second-order valence-electron chi connectivity index (χ2n) is 6.98. The summed E-state index contributed by atoms with van der Waals surface area (Å²) >= 11 is 0. The highest BCUT2D eigenvalue weighted by Crippen LogP contribution is 2.32. The summed E-state index contributed by atoms with van der Waals surface area (Å²) in [6.45, 7) is 0.854. The maximum atomic E-state index is 12.9. The largest absolute Gasteiger partial charge is 0.481 e. The summed E-state index contributed by atoms with van der Waals surface area (Å²) in [7, 11) is -3.74. The van der Waals surface area contributed by atoms with Gasteiger partial charge in [0.05, 0.1) is 10.5 Å². The van der Waals surface area contributed by atoms with Crippen molar-refractivity contribution in [2.75, 3.05) is 31.1 Å². The van der Waals surface area contributed by atoms with Crippen LogP contribution < -0.4 is 4.90 Å². The maximum Gasteiger partial charge on any atom is 0.416 e. The van der Waals surface area contributed by atoms with Crippen LogP contribution in [0.15, 0.2) is 53.4 Å². The zero-order valence-electron chi connectivity index (χ0n) is 16.0. The van der Waals surface area contributed by atoms with Gasteiger partial charge in [-0.05, 0) is 42.3 Å². The summed E-state index contributed by atoms with van der Waals surface area (Å²) in [6, 6.07) is 11.1. The summed E-state index contributed by atoms with van der Waals surface area (Å²) in [4.78, 5) is 12.5. The van der Waals surface area contributed by atoms with E-state index in [-0.39, 0.29) is 37.5 Å². The first-order chi connectivity index (χ1) is 14.1. The molecule has 0 aromatic heterocycles. The first-order valence-corrected chi connectivity index (χ1v) is 10.7. The number of rotatable bonds is 6. The minimum atomic E-state index is -4.43. The molecule has 0 saturated carbocycles. The van der Waals surface area contributed by atoms with E-state index in [1.807, 2.05) is 0 Å². The van der Waals surface area contributed by atoms with Gasteiger partial charge in [-0.15, -0.1) is 0 Å². The van der Waals surface area contributed by atoms with Crippen LogP contribution in [0.1, 0.15) is 17.5 Å². The Bertz CT molecular complexity index is 999. The molecule has 0 amide bonds. The molecule has 2 aromatic rings. The van der Waals surface area contributed by atoms with Gasteiger partial charge in [0.2, 0.25) is 10.0 Å². The average Bonchev–Trinajstić information content (AvgIpc) is 2.72. The second-order valence-corrected chi connectivity index (χ2v) is 8.91. The number of halogens is 3. The van der Waals surface area contributed by atoms with Gasteiger partial charge in [-0.25, -0.2) is 8.42 Å². The predicted molar refractivity (Wildman–Crippen MR) is 105 cm³/mol. The number of aliphatic carboxylic acids is 1. The van der Waals surface area contributed by atoms with E-state index >= 15 is 0 Å². The zero-order valence-corrected chi connectivity index (χ0v) is 16.8. The third kappa shape index (κ3) is 5.11. The van der Waals surface area contributed by atoms with Crippen molar-refractivity contribution in [3.63, 3.8) is 0 Å². The van der Waals surface area contributed by atoms with Gasteiger partial charge in [0.1, 0.15) is 0 Å². The standard InChI is InChI=1S/C20H21F3N2O4S/c21-20(22,23)16-2-1-3-17(14-16)24-10-12-25(13-11-24)30(28,29)18-7-4-15(5-8-18)6-9-19(26)27/h1-5,7-8,14H,6,9-13H2,(H,26,27). The second kappa shape index (κ2) is 8.65. The highest BCUT2D eigenvalue weighted by atomic mass is 32.2. The van der Waals surface area contributed by atoms with Crippen LogP contribution in [-0.2, 0) is 27.4 Å². The minimum Gasteiger partial charge on any atom is -0.481 e. The van der Waals surface area contributed by atoms with Crippen LogP contribution in [0.3, 0.4) is 0 Å². The fraction of sp³-hybridized carbons (Fsp3) is 0.350. The normalized spacial score (nSPS) is 15.9. The quantitative estimate of drug-likeness (QED) is 0.743. The van der Waals surface area contributed by atoms with Crippen LogP contribution in [0.2, 0.25) is 0 Å². The molecule has 30 heavy (non-hydrogen) atoms. The molecule has 0 spiro atoms. The molecule has 0 bridgehead atoms. The van der Waals surface area contributed by atoms with Crippen molar-refractivity contribution in [3.8, 4) is 0 Å². The average molecular weight is 442 g/mol. The van der Waals surface area contributed by atoms with Gasteiger partial charge in [0.15, 0.2) is 0 Å². The van der Waals surface area contributed by atoms with Crippen LogP contribution in [0.4, 0.5) is 18.9 Å². The Morgan fingerprint density at radius 1 is 1.00 bits per heavy atom. The van der Waals surface area contributed by atoms with Gasteiger partial charge >= 0.3 is 12.1 Å². The molecule has 0 atom stereocenters. The molecular weight excluding hydrogens is 421 g/mol. The number of benzene rings is 2. The summed E-state index contributed by atoms with van der Waals surface area (Å²) in [5, 5.41) is 8.73. The summed E-state index contributed by atoms with van der Waals surface area (Å²) in [5.74, 6) is -0.926. The smallest absolute Gasteiger partial charge is 0.416 e. The van der Waals surface area contributed by atoms with Gasteiger partial charge in [-0.1, -0.05) is 18.2 Å². The summed E-state index contributed by atoms with van der Waals surface area (Å²) in [5.41, 5.74) is 0.397.